The lowest BCUT2D eigenvalue weighted by Crippen LogP contribution is -2.62. The molecule has 8 atom stereocenters. The summed E-state index contributed by atoms with van der Waals surface area (Å²) in [7, 11) is 0. The van der Waals surface area contributed by atoms with E-state index in [2.05, 4.69) is 13.8 Å². The van der Waals surface area contributed by atoms with E-state index in [-0.39, 0.29) is 11.5 Å². The Bertz CT molecular complexity index is 519. The molecule has 4 fully saturated rings. The summed E-state index contributed by atoms with van der Waals surface area (Å²) in [6.07, 6.45) is 11.0. The van der Waals surface area contributed by atoms with Gasteiger partial charge >= 0.3 is 0 Å². The van der Waals surface area contributed by atoms with Gasteiger partial charge in [-0.2, -0.15) is 0 Å². The fourth-order valence-electron chi connectivity index (χ4n) is 7.81. The topological polar surface area (TPSA) is 57.5 Å². The van der Waals surface area contributed by atoms with Crippen LogP contribution in [0.5, 0.6) is 0 Å². The van der Waals surface area contributed by atoms with Crippen molar-refractivity contribution in [2.24, 2.45) is 34.5 Å². The van der Waals surface area contributed by atoms with Crippen molar-refractivity contribution >= 4 is 6.29 Å². The van der Waals surface area contributed by atoms with E-state index in [4.69, 9.17) is 0 Å². The third-order valence-corrected chi connectivity index (χ3v) is 9.40. The molecule has 0 aromatic heterocycles. The molecular weight excluding hydrogens is 300 g/mol. The molecule has 0 bridgehead atoms. The lowest BCUT2D eigenvalue weighted by atomic mass is 9.43. The number of hydrogen-bond acceptors (Lipinski definition) is 3. The van der Waals surface area contributed by atoms with Crippen LogP contribution in [0.2, 0.25) is 0 Å². The molecule has 0 amide bonds. The molecule has 3 nitrogen and oxygen atoms in total. The molecule has 0 aliphatic heterocycles. The first kappa shape index (κ1) is 17.0. The summed E-state index contributed by atoms with van der Waals surface area (Å²) < 4.78 is 0. The molecule has 2 unspecified atom stereocenters. The Morgan fingerprint density at radius 3 is 2.54 bits per heavy atom. The van der Waals surface area contributed by atoms with Gasteiger partial charge < -0.3 is 15.0 Å². The van der Waals surface area contributed by atoms with Gasteiger partial charge in [0.25, 0.3) is 0 Å². The Morgan fingerprint density at radius 2 is 1.79 bits per heavy atom. The second-order valence-electron chi connectivity index (χ2n) is 9.94. The smallest absolute Gasteiger partial charge is 0.120 e. The van der Waals surface area contributed by atoms with E-state index in [9.17, 15) is 15.0 Å². The van der Waals surface area contributed by atoms with Gasteiger partial charge in [0.2, 0.25) is 0 Å². The predicted molar refractivity (Wildman–Crippen MR) is 93.4 cm³/mol. The number of carbonyl (C=O) groups is 1. The van der Waals surface area contributed by atoms with Crippen LogP contribution in [0.3, 0.4) is 0 Å². The standard InChI is InChI=1S/C21H34O3/c1-19-9-6-16(23)13-15(19)3-4-18-17(19)7-10-20(2)14(8-12-22)5-11-21(18,20)24/h12,14-18,23-24H,3-11,13H2,1-2H3/t14-,15-,16-,17?,18?,19+,20-,21+/m1/s1. The molecule has 0 heterocycles. The maximum Gasteiger partial charge on any atom is 0.120 e. The van der Waals surface area contributed by atoms with Crippen LogP contribution in [0.15, 0.2) is 0 Å². The van der Waals surface area contributed by atoms with Gasteiger partial charge in [0.05, 0.1) is 11.7 Å². The molecular formula is C21H34O3. The van der Waals surface area contributed by atoms with Gasteiger partial charge in [-0.25, -0.2) is 0 Å². The minimum Gasteiger partial charge on any atom is -0.393 e. The van der Waals surface area contributed by atoms with E-state index in [0.29, 0.717) is 35.5 Å². The van der Waals surface area contributed by atoms with Gasteiger partial charge in [-0.15, -0.1) is 0 Å². The van der Waals surface area contributed by atoms with Crippen LogP contribution < -0.4 is 0 Å². The Hall–Kier alpha value is -0.410. The van der Waals surface area contributed by atoms with Crippen LogP contribution >= 0.6 is 0 Å². The van der Waals surface area contributed by atoms with Crippen molar-refractivity contribution in [2.45, 2.75) is 89.8 Å². The van der Waals surface area contributed by atoms with Gasteiger partial charge in [0, 0.05) is 6.42 Å². The number of carbonyl (C=O) groups excluding carboxylic acids is 1. The highest BCUT2D eigenvalue weighted by atomic mass is 16.3. The monoisotopic (exact) mass is 334 g/mol. The number of aldehydes is 1. The van der Waals surface area contributed by atoms with Crippen molar-refractivity contribution in [3.63, 3.8) is 0 Å². The zero-order valence-corrected chi connectivity index (χ0v) is 15.3. The second-order valence-corrected chi connectivity index (χ2v) is 9.94. The van der Waals surface area contributed by atoms with Gasteiger partial charge in [0.1, 0.15) is 6.29 Å². The summed E-state index contributed by atoms with van der Waals surface area (Å²) in [6.45, 7) is 4.72. The van der Waals surface area contributed by atoms with Gasteiger partial charge in [-0.3, -0.25) is 0 Å². The second kappa shape index (κ2) is 5.54. The quantitative estimate of drug-likeness (QED) is 0.757. The number of rotatable bonds is 2. The van der Waals surface area contributed by atoms with Crippen LogP contribution in [0.1, 0.15) is 78.1 Å². The van der Waals surface area contributed by atoms with E-state index in [1.165, 1.54) is 6.42 Å². The first-order valence-corrected chi connectivity index (χ1v) is 10.2. The van der Waals surface area contributed by atoms with Gasteiger partial charge in [-0.05, 0) is 92.3 Å². The summed E-state index contributed by atoms with van der Waals surface area (Å²) in [5, 5.41) is 22.0. The van der Waals surface area contributed by atoms with Crippen molar-refractivity contribution in [2.75, 3.05) is 0 Å². The summed E-state index contributed by atoms with van der Waals surface area (Å²) in [5.41, 5.74) is -0.359. The lowest BCUT2D eigenvalue weighted by Gasteiger charge is -2.63. The largest absolute Gasteiger partial charge is 0.393 e. The van der Waals surface area contributed by atoms with Crippen molar-refractivity contribution in [1.82, 2.24) is 0 Å². The van der Waals surface area contributed by atoms with Crippen LogP contribution in [0.25, 0.3) is 0 Å². The van der Waals surface area contributed by atoms with Crippen molar-refractivity contribution in [3.8, 4) is 0 Å². The van der Waals surface area contributed by atoms with E-state index >= 15 is 0 Å². The molecule has 4 rings (SSSR count). The molecule has 4 saturated carbocycles. The van der Waals surface area contributed by atoms with Crippen molar-refractivity contribution in [3.05, 3.63) is 0 Å². The van der Waals surface area contributed by atoms with E-state index in [0.717, 1.165) is 57.7 Å². The van der Waals surface area contributed by atoms with Crippen molar-refractivity contribution in [1.29, 1.82) is 0 Å². The maximum atomic E-state index is 11.9. The van der Waals surface area contributed by atoms with Crippen LogP contribution in [-0.4, -0.2) is 28.2 Å². The lowest BCUT2D eigenvalue weighted by molar-refractivity contribution is -0.210. The average Bonchev–Trinajstić information content (AvgIpc) is 2.81. The Morgan fingerprint density at radius 1 is 1.00 bits per heavy atom. The predicted octanol–water partition coefficient (Wildman–Crippen LogP) is 3.71. The van der Waals surface area contributed by atoms with Crippen LogP contribution in [0, 0.1) is 34.5 Å². The fourth-order valence-corrected chi connectivity index (χ4v) is 7.81. The van der Waals surface area contributed by atoms with E-state index in [1.54, 1.807) is 0 Å². The van der Waals surface area contributed by atoms with Gasteiger partial charge in [-0.1, -0.05) is 13.8 Å². The molecule has 0 aromatic rings. The molecule has 2 N–H and O–H groups in total. The highest BCUT2D eigenvalue weighted by molar-refractivity contribution is 5.50. The minimum absolute atomic E-state index is 0.0769. The third-order valence-electron chi connectivity index (χ3n) is 9.40. The minimum atomic E-state index is -0.576. The molecule has 0 aromatic carbocycles. The summed E-state index contributed by atoms with van der Waals surface area (Å²) in [4.78, 5) is 11.1. The molecule has 0 spiro atoms. The molecule has 0 saturated heterocycles. The van der Waals surface area contributed by atoms with Crippen LogP contribution in [0.4, 0.5) is 0 Å². The Kier molecular flexibility index (Phi) is 3.93. The highest BCUT2D eigenvalue weighted by Gasteiger charge is 2.66. The fraction of sp³-hybridized carbons (Fsp3) is 0.952. The van der Waals surface area contributed by atoms with Crippen molar-refractivity contribution < 1.29 is 15.0 Å². The molecule has 136 valence electrons. The third kappa shape index (κ3) is 2.06. The Labute approximate surface area is 146 Å². The first-order chi connectivity index (χ1) is 11.3. The highest BCUT2D eigenvalue weighted by Crippen LogP contribution is 2.69. The summed E-state index contributed by atoms with van der Waals surface area (Å²) in [5.74, 6) is 1.98. The normalized spacial score (nSPS) is 56.9. The zero-order chi connectivity index (χ0) is 17.2. The summed E-state index contributed by atoms with van der Waals surface area (Å²) in [6, 6.07) is 0. The number of aliphatic hydroxyl groups is 2. The van der Waals surface area contributed by atoms with E-state index < -0.39 is 5.60 Å². The molecule has 4 aliphatic rings. The molecule has 4 aliphatic carbocycles. The van der Waals surface area contributed by atoms with E-state index in [1.807, 2.05) is 0 Å². The number of aliphatic hydroxyl groups excluding tert-OH is 1. The average molecular weight is 335 g/mol. The SMILES string of the molecule is C[C@]12CC[C@@H](O)C[C@H]1CCC1C2CC[C@]2(C)[C@@H](CC=O)CC[C@]12O. The summed E-state index contributed by atoms with van der Waals surface area (Å²) >= 11 is 0. The zero-order valence-electron chi connectivity index (χ0n) is 15.3. The molecule has 24 heavy (non-hydrogen) atoms. The molecule has 0 radical (unpaired) electrons. The maximum absolute atomic E-state index is 11.9. The van der Waals surface area contributed by atoms with Crippen LogP contribution in [-0.2, 0) is 4.79 Å². The van der Waals surface area contributed by atoms with Gasteiger partial charge in [0.15, 0.2) is 0 Å². The molecule has 3 heteroatoms. The first-order valence-electron chi connectivity index (χ1n) is 10.2. The number of hydrogen-bond donors (Lipinski definition) is 2. The Balaban J connectivity index is 1.65. The number of fused-ring (bicyclic) bond motifs is 5.